The molecule has 0 aliphatic heterocycles. The Morgan fingerprint density at radius 3 is 1.29 bits per heavy atom. The molecule has 0 aliphatic rings. The Hall–Kier alpha value is -1.95. The first-order chi connectivity index (χ1) is 11.7. The monoisotopic (exact) mass is 335 g/mol. The van der Waals surface area contributed by atoms with E-state index < -0.39 is 7.26 Å². The SMILES string of the molecule is CC(O)CC[P+](c1ccccc1)(c1ccccc1)c1ccccc1. The lowest BCUT2D eigenvalue weighted by atomic mass is 10.3. The van der Waals surface area contributed by atoms with Crippen LogP contribution in [-0.2, 0) is 0 Å². The van der Waals surface area contributed by atoms with Crippen molar-refractivity contribution in [2.75, 3.05) is 6.16 Å². The Kier molecular flexibility index (Phi) is 5.45. The molecule has 0 spiro atoms. The van der Waals surface area contributed by atoms with Crippen LogP contribution in [0.1, 0.15) is 13.3 Å². The number of aliphatic hydroxyl groups excluding tert-OH is 1. The van der Waals surface area contributed by atoms with Crippen molar-refractivity contribution in [3.63, 3.8) is 0 Å². The predicted molar refractivity (Wildman–Crippen MR) is 106 cm³/mol. The third kappa shape index (κ3) is 3.43. The summed E-state index contributed by atoms with van der Waals surface area (Å²) in [7, 11) is -1.77. The highest BCUT2D eigenvalue weighted by Gasteiger charge is 2.44. The van der Waals surface area contributed by atoms with E-state index in [9.17, 15) is 5.11 Å². The van der Waals surface area contributed by atoms with Crippen LogP contribution in [0.25, 0.3) is 0 Å². The van der Waals surface area contributed by atoms with E-state index in [0.29, 0.717) is 0 Å². The minimum absolute atomic E-state index is 0.291. The van der Waals surface area contributed by atoms with Gasteiger partial charge >= 0.3 is 0 Å². The molecule has 1 unspecified atom stereocenters. The number of rotatable bonds is 6. The van der Waals surface area contributed by atoms with E-state index in [4.69, 9.17) is 0 Å². The maximum Gasteiger partial charge on any atom is 0.112 e. The second-order valence-electron chi connectivity index (χ2n) is 6.18. The van der Waals surface area contributed by atoms with Crippen molar-refractivity contribution >= 4 is 23.2 Å². The zero-order chi connectivity index (χ0) is 16.8. The lowest BCUT2D eigenvalue weighted by molar-refractivity contribution is 0.192. The Morgan fingerprint density at radius 2 is 1.00 bits per heavy atom. The minimum atomic E-state index is -1.77. The van der Waals surface area contributed by atoms with Crippen LogP contribution in [0.3, 0.4) is 0 Å². The Bertz CT molecular complexity index is 642. The summed E-state index contributed by atoms with van der Waals surface area (Å²) in [5.41, 5.74) is 0. The van der Waals surface area contributed by atoms with Gasteiger partial charge in [-0.1, -0.05) is 54.6 Å². The summed E-state index contributed by atoms with van der Waals surface area (Å²) in [5, 5.41) is 14.1. The highest BCUT2D eigenvalue weighted by atomic mass is 31.2. The molecule has 0 aliphatic carbocycles. The van der Waals surface area contributed by atoms with E-state index in [2.05, 4.69) is 91.0 Å². The molecule has 0 bridgehead atoms. The average molecular weight is 335 g/mol. The van der Waals surface area contributed by atoms with Crippen molar-refractivity contribution < 1.29 is 5.11 Å². The molecule has 0 heterocycles. The molecule has 24 heavy (non-hydrogen) atoms. The summed E-state index contributed by atoms with van der Waals surface area (Å²) in [5.74, 6) is 0. The molecular formula is C22H24OP+. The summed E-state index contributed by atoms with van der Waals surface area (Å²) in [6, 6.07) is 32.4. The van der Waals surface area contributed by atoms with Crippen LogP contribution in [0.2, 0.25) is 0 Å². The first-order valence-electron chi connectivity index (χ1n) is 8.46. The van der Waals surface area contributed by atoms with Gasteiger partial charge in [-0.05, 0) is 43.3 Å². The van der Waals surface area contributed by atoms with Crippen molar-refractivity contribution in [1.29, 1.82) is 0 Å². The van der Waals surface area contributed by atoms with E-state index in [1.165, 1.54) is 15.9 Å². The third-order valence-corrected chi connectivity index (χ3v) is 8.94. The second kappa shape index (κ2) is 7.75. The lowest BCUT2D eigenvalue weighted by Crippen LogP contribution is -2.34. The maximum absolute atomic E-state index is 9.97. The zero-order valence-corrected chi connectivity index (χ0v) is 14.9. The molecule has 2 heteroatoms. The van der Waals surface area contributed by atoms with Crippen molar-refractivity contribution in [2.45, 2.75) is 19.4 Å². The van der Waals surface area contributed by atoms with Crippen LogP contribution in [0.4, 0.5) is 0 Å². The highest BCUT2D eigenvalue weighted by Crippen LogP contribution is 2.55. The minimum Gasteiger partial charge on any atom is -0.393 e. The van der Waals surface area contributed by atoms with Crippen LogP contribution < -0.4 is 15.9 Å². The molecule has 3 aromatic carbocycles. The molecule has 1 N–H and O–H groups in total. The van der Waals surface area contributed by atoms with E-state index in [1.807, 2.05) is 6.92 Å². The van der Waals surface area contributed by atoms with Crippen molar-refractivity contribution in [3.05, 3.63) is 91.0 Å². The van der Waals surface area contributed by atoms with Gasteiger partial charge in [-0.2, -0.15) is 0 Å². The number of benzene rings is 3. The molecular weight excluding hydrogens is 311 g/mol. The summed E-state index contributed by atoms with van der Waals surface area (Å²) in [6.45, 7) is 1.88. The molecule has 0 saturated heterocycles. The van der Waals surface area contributed by atoms with Crippen molar-refractivity contribution in [3.8, 4) is 0 Å². The molecule has 3 aromatic rings. The van der Waals surface area contributed by atoms with Crippen LogP contribution >= 0.6 is 7.26 Å². The maximum atomic E-state index is 9.97. The summed E-state index contributed by atoms with van der Waals surface area (Å²) >= 11 is 0. The Labute approximate surface area is 145 Å². The molecule has 3 rings (SSSR count). The smallest absolute Gasteiger partial charge is 0.112 e. The Morgan fingerprint density at radius 1 is 0.667 bits per heavy atom. The van der Waals surface area contributed by atoms with Gasteiger partial charge in [0.05, 0.1) is 12.3 Å². The molecule has 122 valence electrons. The molecule has 1 atom stereocenters. The fourth-order valence-corrected chi connectivity index (χ4v) is 7.74. The van der Waals surface area contributed by atoms with Gasteiger partial charge in [-0.25, -0.2) is 0 Å². The van der Waals surface area contributed by atoms with Gasteiger partial charge in [0.2, 0.25) is 0 Å². The topological polar surface area (TPSA) is 20.2 Å². The molecule has 1 nitrogen and oxygen atoms in total. The fourth-order valence-electron chi connectivity index (χ4n) is 3.26. The second-order valence-corrected chi connectivity index (χ2v) is 9.79. The fraction of sp³-hybridized carbons (Fsp3) is 0.182. The van der Waals surface area contributed by atoms with E-state index in [1.54, 1.807) is 0 Å². The highest BCUT2D eigenvalue weighted by molar-refractivity contribution is 7.95. The molecule has 0 saturated carbocycles. The zero-order valence-electron chi connectivity index (χ0n) is 14.0. The summed E-state index contributed by atoms with van der Waals surface area (Å²) in [4.78, 5) is 0. The molecule has 0 amide bonds. The standard InChI is InChI=1S/C22H24OP/c1-19(23)17-18-24(20-11-5-2-6-12-20,21-13-7-3-8-14-21)22-15-9-4-10-16-22/h2-16,19,23H,17-18H2,1H3/q+1. The van der Waals surface area contributed by atoms with Crippen LogP contribution in [-0.4, -0.2) is 17.4 Å². The first kappa shape index (κ1) is 16.9. The largest absolute Gasteiger partial charge is 0.393 e. The van der Waals surface area contributed by atoms with E-state index in [-0.39, 0.29) is 6.10 Å². The Balaban J connectivity index is 2.24. The van der Waals surface area contributed by atoms with Gasteiger partial charge in [0.15, 0.2) is 0 Å². The van der Waals surface area contributed by atoms with Gasteiger partial charge < -0.3 is 5.11 Å². The quantitative estimate of drug-likeness (QED) is 0.680. The molecule has 0 aromatic heterocycles. The number of hydrogen-bond acceptors (Lipinski definition) is 1. The van der Waals surface area contributed by atoms with E-state index in [0.717, 1.165) is 12.6 Å². The third-order valence-electron chi connectivity index (χ3n) is 4.47. The molecule has 0 fully saturated rings. The normalized spacial score (nSPS) is 12.8. The van der Waals surface area contributed by atoms with Crippen molar-refractivity contribution in [1.82, 2.24) is 0 Å². The van der Waals surface area contributed by atoms with Crippen LogP contribution in [0, 0.1) is 0 Å². The lowest BCUT2D eigenvalue weighted by Gasteiger charge is -2.28. The number of hydrogen-bond donors (Lipinski definition) is 1. The first-order valence-corrected chi connectivity index (χ1v) is 10.4. The predicted octanol–water partition coefficient (Wildman–Crippen LogP) is 3.75. The van der Waals surface area contributed by atoms with Gasteiger partial charge in [0.25, 0.3) is 0 Å². The van der Waals surface area contributed by atoms with Gasteiger partial charge in [-0.3, -0.25) is 0 Å². The average Bonchev–Trinajstić information content (AvgIpc) is 2.65. The van der Waals surface area contributed by atoms with E-state index >= 15 is 0 Å². The van der Waals surface area contributed by atoms with Gasteiger partial charge in [0, 0.05) is 6.42 Å². The van der Waals surface area contributed by atoms with Gasteiger partial charge in [-0.15, -0.1) is 0 Å². The van der Waals surface area contributed by atoms with Crippen molar-refractivity contribution in [2.24, 2.45) is 0 Å². The van der Waals surface area contributed by atoms with Gasteiger partial charge in [0.1, 0.15) is 23.2 Å². The summed E-state index contributed by atoms with van der Waals surface area (Å²) in [6.07, 6.45) is 1.48. The summed E-state index contributed by atoms with van der Waals surface area (Å²) < 4.78 is 0. The van der Waals surface area contributed by atoms with Crippen LogP contribution in [0.5, 0.6) is 0 Å². The van der Waals surface area contributed by atoms with Crippen LogP contribution in [0.15, 0.2) is 91.0 Å². The molecule has 0 radical (unpaired) electrons. The number of aliphatic hydroxyl groups is 1.